The molecule has 116 valence electrons. The third-order valence-corrected chi connectivity index (χ3v) is 4.25. The van der Waals surface area contributed by atoms with Crippen LogP contribution in [0.25, 0.3) is 0 Å². The zero-order valence-corrected chi connectivity index (χ0v) is 14.1. The van der Waals surface area contributed by atoms with E-state index in [0.717, 1.165) is 35.0 Å². The monoisotopic (exact) mass is 355 g/mol. The molecule has 1 heterocycles. The fraction of sp³-hybridized carbons (Fsp3) is 0.562. The van der Waals surface area contributed by atoms with Crippen LogP contribution < -0.4 is 5.32 Å². The van der Waals surface area contributed by atoms with Crippen LogP contribution in [0.2, 0.25) is 0 Å². The van der Waals surface area contributed by atoms with Gasteiger partial charge in [0.1, 0.15) is 6.04 Å². The second kappa shape index (κ2) is 7.92. The van der Waals surface area contributed by atoms with E-state index in [1.54, 1.807) is 0 Å². The second-order valence-electron chi connectivity index (χ2n) is 5.25. The molecule has 0 amide bonds. The number of benzene rings is 1. The van der Waals surface area contributed by atoms with E-state index in [2.05, 4.69) is 21.2 Å². The molecule has 1 N–H and O–H groups in total. The van der Waals surface area contributed by atoms with Crippen LogP contribution >= 0.6 is 15.9 Å². The number of rotatable bonds is 6. The van der Waals surface area contributed by atoms with Crippen molar-refractivity contribution in [3.05, 3.63) is 33.8 Å². The van der Waals surface area contributed by atoms with Gasteiger partial charge in [-0.25, -0.2) is 4.79 Å². The number of carbonyl (C=O) groups is 1. The lowest BCUT2D eigenvalue weighted by molar-refractivity contribution is -0.146. The van der Waals surface area contributed by atoms with Gasteiger partial charge in [0, 0.05) is 17.6 Å². The van der Waals surface area contributed by atoms with Crippen molar-refractivity contribution in [1.82, 2.24) is 5.32 Å². The molecule has 21 heavy (non-hydrogen) atoms. The van der Waals surface area contributed by atoms with E-state index in [9.17, 15) is 4.79 Å². The van der Waals surface area contributed by atoms with Crippen LogP contribution in [0.3, 0.4) is 0 Å². The van der Waals surface area contributed by atoms with Gasteiger partial charge in [0.05, 0.1) is 12.7 Å². The van der Waals surface area contributed by atoms with Crippen LogP contribution in [0.5, 0.6) is 0 Å². The molecule has 4 nitrogen and oxygen atoms in total. The first-order chi connectivity index (χ1) is 10.1. The summed E-state index contributed by atoms with van der Waals surface area (Å²) in [5.74, 6) is -0.250. The Balaban J connectivity index is 2.12. The van der Waals surface area contributed by atoms with Gasteiger partial charge in [-0.3, -0.25) is 5.32 Å². The summed E-state index contributed by atoms with van der Waals surface area (Å²) in [4.78, 5) is 12.2. The lowest BCUT2D eigenvalue weighted by Gasteiger charge is -2.21. The summed E-state index contributed by atoms with van der Waals surface area (Å²) in [6.07, 6.45) is 2.31. The maximum atomic E-state index is 12.2. The maximum Gasteiger partial charge on any atom is 0.327 e. The van der Waals surface area contributed by atoms with Crippen molar-refractivity contribution < 1.29 is 14.3 Å². The third kappa shape index (κ3) is 4.53. The fourth-order valence-electron chi connectivity index (χ4n) is 2.47. The van der Waals surface area contributed by atoms with Crippen molar-refractivity contribution in [3.63, 3.8) is 0 Å². The number of halogens is 1. The van der Waals surface area contributed by atoms with Crippen LogP contribution in [0.4, 0.5) is 0 Å². The minimum absolute atomic E-state index is 0.186. The molecule has 1 aromatic rings. The summed E-state index contributed by atoms with van der Waals surface area (Å²) in [7, 11) is 0. The molecule has 1 aliphatic rings. The summed E-state index contributed by atoms with van der Waals surface area (Å²) in [5.41, 5.74) is 2.05. The van der Waals surface area contributed by atoms with Gasteiger partial charge in [0.25, 0.3) is 0 Å². The first-order valence-corrected chi connectivity index (χ1v) is 8.18. The number of esters is 1. The van der Waals surface area contributed by atoms with Gasteiger partial charge in [-0.2, -0.15) is 0 Å². The lowest BCUT2D eigenvalue weighted by atomic mass is 10.0. The molecule has 0 spiro atoms. The van der Waals surface area contributed by atoms with Gasteiger partial charge in [-0.05, 0) is 43.9 Å². The van der Waals surface area contributed by atoms with Crippen LogP contribution in [-0.2, 0) is 14.3 Å². The predicted molar refractivity (Wildman–Crippen MR) is 85.2 cm³/mol. The van der Waals surface area contributed by atoms with E-state index < -0.39 is 6.04 Å². The first kappa shape index (κ1) is 16.5. The quantitative estimate of drug-likeness (QED) is 0.796. The van der Waals surface area contributed by atoms with E-state index in [4.69, 9.17) is 9.47 Å². The molecule has 2 rings (SSSR count). The van der Waals surface area contributed by atoms with Gasteiger partial charge in [0.15, 0.2) is 0 Å². The van der Waals surface area contributed by atoms with Crippen molar-refractivity contribution in [1.29, 1.82) is 0 Å². The molecule has 1 fully saturated rings. The second-order valence-corrected chi connectivity index (χ2v) is 6.11. The summed E-state index contributed by atoms with van der Waals surface area (Å²) in [6.45, 7) is 5.68. The number of ether oxygens (including phenoxy) is 2. The Morgan fingerprint density at radius 2 is 2.38 bits per heavy atom. The normalized spacial score (nSPS) is 19.5. The van der Waals surface area contributed by atoms with Crippen molar-refractivity contribution in [2.45, 2.75) is 38.8 Å². The average molecular weight is 356 g/mol. The van der Waals surface area contributed by atoms with Crippen LogP contribution in [0, 0.1) is 6.92 Å². The van der Waals surface area contributed by atoms with Gasteiger partial charge in [0.2, 0.25) is 0 Å². The third-order valence-electron chi connectivity index (χ3n) is 3.56. The highest BCUT2D eigenvalue weighted by Crippen LogP contribution is 2.26. The highest BCUT2D eigenvalue weighted by Gasteiger charge is 2.26. The summed E-state index contributed by atoms with van der Waals surface area (Å²) >= 11 is 3.54. The zero-order chi connectivity index (χ0) is 15.2. The van der Waals surface area contributed by atoms with E-state index >= 15 is 0 Å². The number of hydrogen-bond acceptors (Lipinski definition) is 4. The highest BCUT2D eigenvalue weighted by atomic mass is 79.9. The Morgan fingerprint density at radius 3 is 3.00 bits per heavy atom. The lowest BCUT2D eigenvalue weighted by Crippen LogP contribution is -2.35. The average Bonchev–Trinajstić information content (AvgIpc) is 2.94. The van der Waals surface area contributed by atoms with Crippen LogP contribution in [-0.4, -0.2) is 31.8 Å². The zero-order valence-electron chi connectivity index (χ0n) is 12.5. The molecular weight excluding hydrogens is 334 g/mol. The molecule has 0 aliphatic carbocycles. The van der Waals surface area contributed by atoms with Crippen molar-refractivity contribution >= 4 is 21.9 Å². The predicted octanol–water partition coefficient (Wildman–Crippen LogP) is 3.13. The van der Waals surface area contributed by atoms with Gasteiger partial charge < -0.3 is 9.47 Å². The summed E-state index contributed by atoms with van der Waals surface area (Å²) in [5, 5.41) is 3.29. The smallest absolute Gasteiger partial charge is 0.327 e. The SMILES string of the molecule is CCOC(=O)C(NCC1CCCO1)c1ccc(C)cc1Br. The molecular formula is C16H22BrNO3. The molecule has 0 aromatic heterocycles. The van der Waals surface area contributed by atoms with E-state index in [1.807, 2.05) is 32.0 Å². The van der Waals surface area contributed by atoms with E-state index in [1.165, 1.54) is 0 Å². The molecule has 0 radical (unpaired) electrons. The Hall–Kier alpha value is -0.910. The number of aryl methyl sites for hydroxylation is 1. The van der Waals surface area contributed by atoms with Crippen molar-refractivity contribution in [2.24, 2.45) is 0 Å². The first-order valence-electron chi connectivity index (χ1n) is 7.39. The van der Waals surface area contributed by atoms with Crippen LogP contribution in [0.15, 0.2) is 22.7 Å². The summed E-state index contributed by atoms with van der Waals surface area (Å²) < 4.78 is 11.7. The van der Waals surface area contributed by atoms with E-state index in [0.29, 0.717) is 13.2 Å². The summed E-state index contributed by atoms with van der Waals surface area (Å²) in [6, 6.07) is 5.50. The highest BCUT2D eigenvalue weighted by molar-refractivity contribution is 9.10. The minimum Gasteiger partial charge on any atom is -0.465 e. The fourth-order valence-corrected chi connectivity index (χ4v) is 3.19. The van der Waals surface area contributed by atoms with E-state index in [-0.39, 0.29) is 12.1 Å². The number of carbonyl (C=O) groups excluding carboxylic acids is 1. The Bertz CT molecular complexity index is 486. The molecule has 1 aromatic carbocycles. The van der Waals surface area contributed by atoms with Crippen molar-refractivity contribution in [3.8, 4) is 0 Å². The van der Waals surface area contributed by atoms with Gasteiger partial charge in [-0.15, -0.1) is 0 Å². The molecule has 1 aliphatic heterocycles. The molecule has 5 heteroatoms. The number of hydrogen-bond donors (Lipinski definition) is 1. The van der Waals surface area contributed by atoms with Crippen LogP contribution in [0.1, 0.15) is 36.9 Å². The Labute approximate surface area is 134 Å². The Morgan fingerprint density at radius 1 is 1.57 bits per heavy atom. The van der Waals surface area contributed by atoms with Crippen molar-refractivity contribution in [2.75, 3.05) is 19.8 Å². The standard InChI is InChI=1S/C16H22BrNO3/c1-3-20-16(19)15(18-10-12-5-4-8-21-12)13-7-6-11(2)9-14(13)17/h6-7,9,12,15,18H,3-5,8,10H2,1-2H3. The molecule has 2 atom stereocenters. The maximum absolute atomic E-state index is 12.2. The minimum atomic E-state index is -0.468. The molecule has 0 bridgehead atoms. The topological polar surface area (TPSA) is 47.6 Å². The van der Waals surface area contributed by atoms with Gasteiger partial charge in [-0.1, -0.05) is 28.1 Å². The molecule has 2 unspecified atom stereocenters. The number of nitrogens with one attached hydrogen (secondary N) is 1. The molecule has 1 saturated heterocycles. The van der Waals surface area contributed by atoms with Gasteiger partial charge >= 0.3 is 5.97 Å². The molecule has 0 saturated carbocycles. The largest absolute Gasteiger partial charge is 0.465 e. The Kier molecular flexibility index (Phi) is 6.21.